The number of nitrogens with zero attached hydrogens (tertiary/aromatic N) is 1. The van der Waals surface area contributed by atoms with E-state index in [-0.39, 0.29) is 10.8 Å². The monoisotopic (exact) mass is 352 g/mol. The Labute approximate surface area is 127 Å². The van der Waals surface area contributed by atoms with Crippen LogP contribution < -0.4 is 5.43 Å². The van der Waals surface area contributed by atoms with Crippen molar-refractivity contribution in [3.63, 3.8) is 0 Å². The van der Waals surface area contributed by atoms with Gasteiger partial charge in [0.25, 0.3) is 5.91 Å². The van der Waals surface area contributed by atoms with Crippen LogP contribution in [0.3, 0.4) is 0 Å². The number of hydrogen-bond donors (Lipinski definition) is 2. The molecule has 2 N–H and O–H groups in total. The number of carbonyl (C=O) groups is 2. The van der Waals surface area contributed by atoms with Crippen LogP contribution >= 0.6 is 27.3 Å². The first kappa shape index (κ1) is 14.4. The second-order valence-corrected chi connectivity index (χ2v) is 5.66. The second-order valence-electron chi connectivity index (χ2n) is 3.69. The van der Waals surface area contributed by atoms with Crippen LogP contribution in [0.1, 0.15) is 24.9 Å². The molecule has 0 spiro atoms. The summed E-state index contributed by atoms with van der Waals surface area (Å²) in [5.41, 5.74) is 2.86. The number of halogens is 1. The van der Waals surface area contributed by atoms with Crippen LogP contribution in [0, 0.1) is 0 Å². The molecule has 1 aromatic heterocycles. The Hall–Kier alpha value is -1.99. The van der Waals surface area contributed by atoms with Gasteiger partial charge in [0, 0.05) is 9.35 Å². The summed E-state index contributed by atoms with van der Waals surface area (Å²) in [4.78, 5) is 23.4. The number of nitrogens with one attached hydrogen (secondary N) is 1. The van der Waals surface area contributed by atoms with E-state index in [0.29, 0.717) is 14.9 Å². The number of carboxylic acids is 1. The second kappa shape index (κ2) is 6.44. The molecule has 1 heterocycles. The molecule has 0 unspecified atom stereocenters. The van der Waals surface area contributed by atoms with Gasteiger partial charge in [0.05, 0.1) is 11.8 Å². The molecule has 0 aliphatic rings. The molecule has 0 radical (unpaired) electrons. The van der Waals surface area contributed by atoms with Gasteiger partial charge in [-0.2, -0.15) is 5.10 Å². The molecule has 0 atom stereocenters. The van der Waals surface area contributed by atoms with Gasteiger partial charge in [0.2, 0.25) is 0 Å². The third-order valence-electron chi connectivity index (χ3n) is 2.31. The van der Waals surface area contributed by atoms with E-state index in [1.54, 1.807) is 24.3 Å². The number of amides is 1. The lowest BCUT2D eigenvalue weighted by molar-refractivity contribution is 0.0702. The maximum Gasteiger partial charge on any atom is 0.345 e. The van der Waals surface area contributed by atoms with Gasteiger partial charge in [0.1, 0.15) is 4.88 Å². The van der Waals surface area contributed by atoms with Crippen LogP contribution in [0.4, 0.5) is 0 Å². The quantitative estimate of drug-likeness (QED) is 0.655. The molecule has 0 saturated heterocycles. The summed E-state index contributed by atoms with van der Waals surface area (Å²) in [6.07, 6.45) is 1.41. The van der Waals surface area contributed by atoms with Crippen LogP contribution in [0.25, 0.3) is 0 Å². The summed E-state index contributed by atoms with van der Waals surface area (Å²) in [6.45, 7) is 0. The van der Waals surface area contributed by atoms with Gasteiger partial charge in [-0.25, -0.2) is 10.2 Å². The van der Waals surface area contributed by atoms with Gasteiger partial charge in [-0.05, 0) is 40.2 Å². The fourth-order valence-electron chi connectivity index (χ4n) is 1.40. The van der Waals surface area contributed by atoms with E-state index in [1.165, 1.54) is 12.3 Å². The Morgan fingerprint density at radius 3 is 2.65 bits per heavy atom. The van der Waals surface area contributed by atoms with Gasteiger partial charge in [0.15, 0.2) is 0 Å². The molecule has 5 nitrogen and oxygen atoms in total. The summed E-state index contributed by atoms with van der Waals surface area (Å²) in [5, 5.41) is 12.6. The van der Waals surface area contributed by atoms with Crippen LogP contribution in [0.15, 0.2) is 46.0 Å². The van der Waals surface area contributed by atoms with E-state index < -0.39 is 5.97 Å². The van der Waals surface area contributed by atoms with Crippen molar-refractivity contribution in [3.8, 4) is 0 Å². The van der Waals surface area contributed by atoms with Gasteiger partial charge in [-0.3, -0.25) is 4.79 Å². The Bertz CT molecular complexity index is 682. The van der Waals surface area contributed by atoms with Crippen molar-refractivity contribution in [1.29, 1.82) is 0 Å². The lowest BCUT2D eigenvalue weighted by Crippen LogP contribution is -2.17. The summed E-state index contributed by atoms with van der Waals surface area (Å²) in [6, 6.07) is 10.1. The van der Waals surface area contributed by atoms with Gasteiger partial charge in [-0.15, -0.1) is 11.3 Å². The average molecular weight is 353 g/mol. The third kappa shape index (κ3) is 3.52. The van der Waals surface area contributed by atoms with Gasteiger partial charge < -0.3 is 5.11 Å². The zero-order chi connectivity index (χ0) is 14.5. The first-order valence-corrected chi connectivity index (χ1v) is 7.10. The molecular weight excluding hydrogens is 344 g/mol. The SMILES string of the molecule is O=C(O)c1ccc(/C=N/NC(=O)c2ccccc2Br)s1. The molecule has 0 bridgehead atoms. The molecular formula is C13H9BrN2O3S. The zero-order valence-electron chi connectivity index (χ0n) is 10.0. The number of thiophene rings is 1. The molecule has 0 aliphatic carbocycles. The minimum Gasteiger partial charge on any atom is -0.477 e. The highest BCUT2D eigenvalue weighted by Crippen LogP contribution is 2.16. The molecule has 102 valence electrons. The van der Waals surface area contributed by atoms with Crippen molar-refractivity contribution >= 4 is 45.4 Å². The highest BCUT2D eigenvalue weighted by atomic mass is 79.9. The smallest absolute Gasteiger partial charge is 0.345 e. The van der Waals surface area contributed by atoms with Crippen LogP contribution in [0.2, 0.25) is 0 Å². The summed E-state index contributed by atoms with van der Waals surface area (Å²) < 4.78 is 0.678. The number of benzene rings is 1. The van der Waals surface area contributed by atoms with E-state index in [9.17, 15) is 9.59 Å². The van der Waals surface area contributed by atoms with Gasteiger partial charge >= 0.3 is 5.97 Å². The molecule has 1 aromatic carbocycles. The molecule has 7 heteroatoms. The maximum absolute atomic E-state index is 11.8. The number of hydrogen-bond acceptors (Lipinski definition) is 4. The van der Waals surface area contributed by atoms with Gasteiger partial charge in [-0.1, -0.05) is 12.1 Å². The van der Waals surface area contributed by atoms with Crippen LogP contribution in [0.5, 0.6) is 0 Å². The van der Waals surface area contributed by atoms with Crippen molar-refractivity contribution < 1.29 is 14.7 Å². The van der Waals surface area contributed by atoms with E-state index >= 15 is 0 Å². The molecule has 1 amide bonds. The lowest BCUT2D eigenvalue weighted by Gasteiger charge is -2.01. The van der Waals surface area contributed by atoms with E-state index in [1.807, 2.05) is 6.07 Å². The largest absolute Gasteiger partial charge is 0.477 e. The normalized spacial score (nSPS) is 10.7. The third-order valence-corrected chi connectivity index (χ3v) is 4.01. The minimum atomic E-state index is -0.980. The Balaban J connectivity index is 2.01. The first-order chi connectivity index (χ1) is 9.58. The first-order valence-electron chi connectivity index (χ1n) is 5.49. The topological polar surface area (TPSA) is 78.8 Å². The van der Waals surface area contributed by atoms with Crippen molar-refractivity contribution in [1.82, 2.24) is 5.43 Å². The predicted molar refractivity (Wildman–Crippen MR) is 80.5 cm³/mol. The fourth-order valence-corrected chi connectivity index (χ4v) is 2.58. The summed E-state index contributed by atoms with van der Waals surface area (Å²) in [5.74, 6) is -1.32. The Morgan fingerprint density at radius 1 is 1.25 bits per heavy atom. The molecule has 2 aromatic rings. The molecule has 2 rings (SSSR count). The Kier molecular flexibility index (Phi) is 4.65. The number of carbonyl (C=O) groups excluding carboxylic acids is 1. The zero-order valence-corrected chi connectivity index (χ0v) is 12.4. The number of aromatic carboxylic acids is 1. The summed E-state index contributed by atoms with van der Waals surface area (Å²) >= 11 is 4.36. The Morgan fingerprint density at radius 2 is 2.00 bits per heavy atom. The number of carboxylic acid groups (broad SMARTS) is 1. The predicted octanol–water partition coefficient (Wildman–Crippen LogP) is 2.97. The van der Waals surface area contributed by atoms with Crippen molar-refractivity contribution in [2.24, 2.45) is 5.10 Å². The highest BCUT2D eigenvalue weighted by Gasteiger charge is 2.08. The molecule has 0 aliphatic heterocycles. The maximum atomic E-state index is 11.8. The van der Waals surface area contributed by atoms with Crippen molar-refractivity contribution in [3.05, 3.63) is 56.2 Å². The van der Waals surface area contributed by atoms with E-state index in [2.05, 4.69) is 26.5 Å². The average Bonchev–Trinajstić information content (AvgIpc) is 2.88. The van der Waals surface area contributed by atoms with E-state index in [4.69, 9.17) is 5.11 Å². The van der Waals surface area contributed by atoms with E-state index in [0.717, 1.165) is 11.3 Å². The van der Waals surface area contributed by atoms with Crippen LogP contribution in [-0.2, 0) is 0 Å². The molecule has 20 heavy (non-hydrogen) atoms. The van der Waals surface area contributed by atoms with Crippen molar-refractivity contribution in [2.45, 2.75) is 0 Å². The molecule has 0 saturated carbocycles. The van der Waals surface area contributed by atoms with Crippen LogP contribution in [-0.4, -0.2) is 23.2 Å². The number of hydrazone groups is 1. The highest BCUT2D eigenvalue weighted by molar-refractivity contribution is 9.10. The lowest BCUT2D eigenvalue weighted by atomic mass is 10.2. The van der Waals surface area contributed by atoms with Crippen molar-refractivity contribution in [2.75, 3.05) is 0 Å². The molecule has 0 fully saturated rings. The number of rotatable bonds is 4. The minimum absolute atomic E-state index is 0.226. The summed E-state index contributed by atoms with van der Waals surface area (Å²) in [7, 11) is 0. The standard InChI is InChI=1S/C13H9BrN2O3S/c14-10-4-2-1-3-9(10)12(17)16-15-7-8-5-6-11(20-8)13(18)19/h1-7H,(H,16,17)(H,18,19)/b15-7+. The fraction of sp³-hybridized carbons (Fsp3) is 0.